The molecule has 1 atom stereocenters. The standard InChI is InChI=1S/C8H13NO5S/c1-14-8(11)4-7(10)9-6-2-3-15(12,13)5-6/h6H,2-5H2,1H3,(H,9,10). The summed E-state index contributed by atoms with van der Waals surface area (Å²) in [5.41, 5.74) is 0. The highest BCUT2D eigenvalue weighted by molar-refractivity contribution is 7.91. The lowest BCUT2D eigenvalue weighted by atomic mass is 10.2. The van der Waals surface area contributed by atoms with Gasteiger partial charge in [0.1, 0.15) is 6.42 Å². The van der Waals surface area contributed by atoms with Crippen molar-refractivity contribution in [1.82, 2.24) is 5.32 Å². The normalized spacial score (nSPS) is 23.4. The molecule has 0 aliphatic carbocycles. The minimum atomic E-state index is -3.01. The van der Waals surface area contributed by atoms with E-state index in [0.29, 0.717) is 6.42 Å². The first-order valence-corrected chi connectivity index (χ1v) is 6.31. The number of amides is 1. The molecule has 1 N–H and O–H groups in total. The highest BCUT2D eigenvalue weighted by atomic mass is 32.2. The van der Waals surface area contributed by atoms with Gasteiger partial charge in [-0.15, -0.1) is 0 Å². The van der Waals surface area contributed by atoms with Crippen LogP contribution in [0.2, 0.25) is 0 Å². The third kappa shape index (κ3) is 3.86. The Hall–Kier alpha value is -1.11. The Balaban J connectivity index is 2.37. The summed E-state index contributed by atoms with van der Waals surface area (Å²) < 4.78 is 26.4. The van der Waals surface area contributed by atoms with Gasteiger partial charge in [0.25, 0.3) is 0 Å². The average molecular weight is 235 g/mol. The van der Waals surface area contributed by atoms with Crippen LogP contribution in [0.3, 0.4) is 0 Å². The Morgan fingerprint density at radius 1 is 1.47 bits per heavy atom. The fourth-order valence-electron chi connectivity index (χ4n) is 1.39. The largest absolute Gasteiger partial charge is 0.469 e. The number of nitrogens with one attached hydrogen (secondary N) is 1. The first-order chi connectivity index (χ1) is 6.93. The van der Waals surface area contributed by atoms with Gasteiger partial charge in [-0.05, 0) is 6.42 Å². The second-order valence-corrected chi connectivity index (χ2v) is 5.65. The van der Waals surface area contributed by atoms with Gasteiger partial charge in [-0.2, -0.15) is 0 Å². The lowest BCUT2D eigenvalue weighted by Gasteiger charge is -2.09. The van der Waals surface area contributed by atoms with Crippen LogP contribution in [-0.4, -0.2) is 45.0 Å². The molecule has 86 valence electrons. The van der Waals surface area contributed by atoms with E-state index < -0.39 is 21.7 Å². The quantitative estimate of drug-likeness (QED) is 0.493. The van der Waals surface area contributed by atoms with Crippen LogP contribution >= 0.6 is 0 Å². The number of carbonyl (C=O) groups excluding carboxylic acids is 2. The number of esters is 1. The molecule has 1 aliphatic heterocycles. The van der Waals surface area contributed by atoms with Gasteiger partial charge in [0.05, 0.1) is 18.6 Å². The van der Waals surface area contributed by atoms with Crippen molar-refractivity contribution in [3.8, 4) is 0 Å². The molecule has 0 spiro atoms. The molecule has 1 amide bonds. The van der Waals surface area contributed by atoms with Crippen molar-refractivity contribution < 1.29 is 22.7 Å². The van der Waals surface area contributed by atoms with E-state index in [9.17, 15) is 18.0 Å². The van der Waals surface area contributed by atoms with Crippen molar-refractivity contribution in [1.29, 1.82) is 0 Å². The highest BCUT2D eigenvalue weighted by Gasteiger charge is 2.29. The van der Waals surface area contributed by atoms with Crippen LogP contribution in [-0.2, 0) is 24.2 Å². The second-order valence-electron chi connectivity index (χ2n) is 3.42. The maximum absolute atomic E-state index is 11.2. The van der Waals surface area contributed by atoms with E-state index in [1.807, 2.05) is 0 Å². The average Bonchev–Trinajstić information content (AvgIpc) is 2.44. The van der Waals surface area contributed by atoms with Crippen LogP contribution in [0.5, 0.6) is 0 Å². The van der Waals surface area contributed by atoms with Crippen molar-refractivity contribution in [3.05, 3.63) is 0 Å². The van der Waals surface area contributed by atoms with Crippen molar-refractivity contribution in [2.45, 2.75) is 18.9 Å². The SMILES string of the molecule is COC(=O)CC(=O)NC1CCS(=O)(=O)C1. The van der Waals surface area contributed by atoms with E-state index in [2.05, 4.69) is 10.1 Å². The van der Waals surface area contributed by atoms with E-state index in [-0.39, 0.29) is 24.0 Å². The Bertz CT molecular complexity index is 361. The zero-order valence-electron chi connectivity index (χ0n) is 8.36. The maximum atomic E-state index is 11.2. The number of hydrogen-bond donors (Lipinski definition) is 1. The summed E-state index contributed by atoms with van der Waals surface area (Å²) in [4.78, 5) is 21.9. The van der Waals surface area contributed by atoms with Gasteiger partial charge in [0, 0.05) is 6.04 Å². The molecule has 0 aromatic rings. The van der Waals surface area contributed by atoms with E-state index in [1.165, 1.54) is 7.11 Å². The fraction of sp³-hybridized carbons (Fsp3) is 0.750. The van der Waals surface area contributed by atoms with E-state index >= 15 is 0 Å². The topological polar surface area (TPSA) is 89.5 Å². The van der Waals surface area contributed by atoms with Gasteiger partial charge in [0.2, 0.25) is 5.91 Å². The van der Waals surface area contributed by atoms with Gasteiger partial charge in [-0.3, -0.25) is 9.59 Å². The van der Waals surface area contributed by atoms with Crippen LogP contribution in [0.4, 0.5) is 0 Å². The number of carbonyl (C=O) groups is 2. The van der Waals surface area contributed by atoms with Crippen LogP contribution < -0.4 is 5.32 Å². The van der Waals surface area contributed by atoms with Crippen molar-refractivity contribution in [2.24, 2.45) is 0 Å². The summed E-state index contributed by atoms with van der Waals surface area (Å²) in [6, 6.07) is -0.368. The molecule has 1 saturated heterocycles. The third-order valence-electron chi connectivity index (χ3n) is 2.13. The Kier molecular flexibility index (Phi) is 3.67. The molecule has 0 saturated carbocycles. The summed E-state index contributed by atoms with van der Waals surface area (Å²) >= 11 is 0. The molecule has 1 rings (SSSR count). The molecular formula is C8H13NO5S. The van der Waals surface area contributed by atoms with Crippen molar-refractivity contribution >= 4 is 21.7 Å². The van der Waals surface area contributed by atoms with E-state index in [4.69, 9.17) is 0 Å². The van der Waals surface area contributed by atoms with Crippen molar-refractivity contribution in [3.63, 3.8) is 0 Å². The van der Waals surface area contributed by atoms with Gasteiger partial charge < -0.3 is 10.1 Å². The van der Waals surface area contributed by atoms with E-state index in [0.717, 1.165) is 0 Å². The molecule has 0 radical (unpaired) electrons. The zero-order valence-corrected chi connectivity index (χ0v) is 9.17. The van der Waals surface area contributed by atoms with Crippen LogP contribution in [0.25, 0.3) is 0 Å². The fourth-order valence-corrected chi connectivity index (χ4v) is 3.06. The van der Waals surface area contributed by atoms with Crippen molar-refractivity contribution in [2.75, 3.05) is 18.6 Å². The Morgan fingerprint density at radius 2 is 2.13 bits per heavy atom. The van der Waals surface area contributed by atoms with Crippen LogP contribution in [0, 0.1) is 0 Å². The second kappa shape index (κ2) is 4.61. The lowest BCUT2D eigenvalue weighted by molar-refractivity contribution is -0.143. The minimum Gasteiger partial charge on any atom is -0.469 e. The molecular weight excluding hydrogens is 222 g/mol. The maximum Gasteiger partial charge on any atom is 0.315 e. The van der Waals surface area contributed by atoms with Gasteiger partial charge in [0.15, 0.2) is 9.84 Å². The highest BCUT2D eigenvalue weighted by Crippen LogP contribution is 2.11. The molecule has 6 nitrogen and oxygen atoms in total. The first kappa shape index (κ1) is 12.0. The molecule has 0 aromatic heterocycles. The Labute approximate surface area is 87.9 Å². The van der Waals surface area contributed by atoms with E-state index in [1.54, 1.807) is 0 Å². The molecule has 0 bridgehead atoms. The summed E-state index contributed by atoms with van der Waals surface area (Å²) in [7, 11) is -1.82. The smallest absolute Gasteiger partial charge is 0.315 e. The predicted octanol–water partition coefficient (Wildman–Crippen LogP) is -1.15. The summed E-state index contributed by atoms with van der Waals surface area (Å²) in [5, 5.41) is 2.48. The number of ether oxygens (including phenoxy) is 1. The van der Waals surface area contributed by atoms with Crippen LogP contribution in [0.15, 0.2) is 0 Å². The summed E-state index contributed by atoms with van der Waals surface area (Å²) in [6.45, 7) is 0. The number of sulfone groups is 1. The van der Waals surface area contributed by atoms with Crippen LogP contribution in [0.1, 0.15) is 12.8 Å². The molecule has 1 heterocycles. The number of hydrogen-bond acceptors (Lipinski definition) is 5. The molecule has 1 unspecified atom stereocenters. The van der Waals surface area contributed by atoms with Gasteiger partial charge in [-0.1, -0.05) is 0 Å². The number of methoxy groups -OCH3 is 1. The zero-order chi connectivity index (χ0) is 11.5. The van der Waals surface area contributed by atoms with Gasteiger partial charge >= 0.3 is 5.97 Å². The number of rotatable bonds is 3. The van der Waals surface area contributed by atoms with Gasteiger partial charge in [-0.25, -0.2) is 8.42 Å². The molecule has 7 heteroatoms. The molecule has 1 fully saturated rings. The third-order valence-corrected chi connectivity index (χ3v) is 3.90. The monoisotopic (exact) mass is 235 g/mol. The molecule has 0 aromatic carbocycles. The summed E-state index contributed by atoms with van der Waals surface area (Å²) in [5.74, 6) is -1.08. The predicted molar refractivity (Wildman–Crippen MR) is 51.8 cm³/mol. The Morgan fingerprint density at radius 3 is 2.60 bits per heavy atom. The summed E-state index contributed by atoms with van der Waals surface area (Å²) in [6.07, 6.45) is 0.0439. The first-order valence-electron chi connectivity index (χ1n) is 4.49. The lowest BCUT2D eigenvalue weighted by Crippen LogP contribution is -2.36. The molecule has 15 heavy (non-hydrogen) atoms. The minimum absolute atomic E-state index is 0.0418. The molecule has 1 aliphatic rings.